The quantitative estimate of drug-likeness (QED) is 0.698. The summed E-state index contributed by atoms with van der Waals surface area (Å²) in [4.78, 5) is 26.1. The molecule has 0 aromatic carbocycles. The molecule has 21 heavy (non-hydrogen) atoms. The number of hydrogen-bond donors (Lipinski definition) is 1. The van der Waals surface area contributed by atoms with Crippen LogP contribution in [-0.2, 0) is 14.3 Å². The summed E-state index contributed by atoms with van der Waals surface area (Å²) in [5, 5.41) is 9.34. The third-order valence-electron chi connectivity index (χ3n) is 4.27. The van der Waals surface area contributed by atoms with Crippen molar-refractivity contribution in [2.45, 2.75) is 45.6 Å². The Morgan fingerprint density at radius 2 is 1.81 bits per heavy atom. The van der Waals surface area contributed by atoms with Gasteiger partial charge in [0.25, 0.3) is 0 Å². The number of carbonyl (C=O) groups excluding carboxylic acids is 1. The number of allylic oxidation sites excluding steroid dienone is 2. The number of carboxylic acid groups (broad SMARTS) is 1. The molecule has 0 spiro atoms. The SMILES string of the molecule is CCC(CC)N(CCOC)C(=O)C1CC=CCC1C(=O)O. The van der Waals surface area contributed by atoms with Crippen LogP contribution in [0.3, 0.4) is 0 Å². The van der Waals surface area contributed by atoms with E-state index in [2.05, 4.69) is 13.8 Å². The van der Waals surface area contributed by atoms with E-state index in [0.717, 1.165) is 12.8 Å². The molecule has 0 fully saturated rings. The minimum Gasteiger partial charge on any atom is -0.481 e. The van der Waals surface area contributed by atoms with Crippen molar-refractivity contribution >= 4 is 11.9 Å². The largest absolute Gasteiger partial charge is 0.481 e. The van der Waals surface area contributed by atoms with Crippen LogP contribution in [0, 0.1) is 11.8 Å². The summed E-state index contributed by atoms with van der Waals surface area (Å²) in [6.07, 6.45) is 6.47. The summed E-state index contributed by atoms with van der Waals surface area (Å²) >= 11 is 0. The average Bonchev–Trinajstić information content (AvgIpc) is 2.50. The summed E-state index contributed by atoms with van der Waals surface area (Å²) in [5.74, 6) is -1.99. The maximum absolute atomic E-state index is 12.9. The zero-order chi connectivity index (χ0) is 15.8. The van der Waals surface area contributed by atoms with Gasteiger partial charge >= 0.3 is 5.97 Å². The number of aliphatic carboxylic acids is 1. The highest BCUT2D eigenvalue weighted by molar-refractivity contribution is 5.85. The van der Waals surface area contributed by atoms with Gasteiger partial charge in [-0.1, -0.05) is 26.0 Å². The molecular formula is C16H27NO4. The number of nitrogens with zero attached hydrogens (tertiary/aromatic N) is 1. The predicted molar refractivity (Wildman–Crippen MR) is 80.9 cm³/mol. The van der Waals surface area contributed by atoms with Gasteiger partial charge in [0.05, 0.1) is 18.4 Å². The molecule has 0 aromatic rings. The second-order valence-corrected chi connectivity index (χ2v) is 5.49. The summed E-state index contributed by atoms with van der Waals surface area (Å²) in [6, 6.07) is 0.146. The lowest BCUT2D eigenvalue weighted by molar-refractivity contribution is -0.152. The van der Waals surface area contributed by atoms with E-state index in [0.29, 0.717) is 26.0 Å². The predicted octanol–water partition coefficient (Wildman–Crippen LogP) is 2.32. The zero-order valence-electron chi connectivity index (χ0n) is 13.2. The Morgan fingerprint density at radius 3 is 2.29 bits per heavy atom. The monoisotopic (exact) mass is 297 g/mol. The van der Waals surface area contributed by atoms with E-state index >= 15 is 0 Å². The first kappa shape index (κ1) is 17.7. The van der Waals surface area contributed by atoms with Crippen molar-refractivity contribution in [3.05, 3.63) is 12.2 Å². The van der Waals surface area contributed by atoms with Crippen LogP contribution in [0.4, 0.5) is 0 Å². The summed E-state index contributed by atoms with van der Waals surface area (Å²) < 4.78 is 5.10. The van der Waals surface area contributed by atoms with E-state index in [1.165, 1.54) is 0 Å². The fourth-order valence-electron chi connectivity index (χ4n) is 2.96. The van der Waals surface area contributed by atoms with Crippen molar-refractivity contribution in [1.29, 1.82) is 0 Å². The molecule has 1 amide bonds. The number of carboxylic acids is 1. The highest BCUT2D eigenvalue weighted by Crippen LogP contribution is 2.29. The maximum atomic E-state index is 12.9. The van der Waals surface area contributed by atoms with Crippen molar-refractivity contribution in [3.8, 4) is 0 Å². The third-order valence-corrected chi connectivity index (χ3v) is 4.27. The van der Waals surface area contributed by atoms with E-state index in [4.69, 9.17) is 4.74 Å². The molecule has 0 aliphatic heterocycles. The Labute approximate surface area is 127 Å². The fourth-order valence-corrected chi connectivity index (χ4v) is 2.96. The van der Waals surface area contributed by atoms with Crippen LogP contribution in [0.2, 0.25) is 0 Å². The molecule has 1 aliphatic carbocycles. The Bertz CT molecular complexity index is 376. The van der Waals surface area contributed by atoms with Gasteiger partial charge in [-0.05, 0) is 25.7 Å². The minimum atomic E-state index is -0.881. The van der Waals surface area contributed by atoms with Gasteiger partial charge in [0, 0.05) is 19.7 Å². The molecule has 0 radical (unpaired) electrons. The van der Waals surface area contributed by atoms with Crippen LogP contribution in [-0.4, -0.2) is 48.2 Å². The Balaban J connectivity index is 2.91. The number of ether oxygens (including phenoxy) is 1. The van der Waals surface area contributed by atoms with Crippen LogP contribution >= 0.6 is 0 Å². The fraction of sp³-hybridized carbons (Fsp3) is 0.750. The van der Waals surface area contributed by atoms with Crippen molar-refractivity contribution < 1.29 is 19.4 Å². The molecule has 0 saturated heterocycles. The molecule has 1 N–H and O–H groups in total. The molecule has 0 bridgehead atoms. The normalized spacial score (nSPS) is 21.5. The highest BCUT2D eigenvalue weighted by atomic mass is 16.5. The van der Waals surface area contributed by atoms with Crippen LogP contribution in [0.15, 0.2) is 12.2 Å². The van der Waals surface area contributed by atoms with E-state index in [1.807, 2.05) is 17.1 Å². The molecule has 5 nitrogen and oxygen atoms in total. The van der Waals surface area contributed by atoms with Gasteiger partial charge in [-0.3, -0.25) is 9.59 Å². The number of carbonyl (C=O) groups is 2. The first-order valence-corrected chi connectivity index (χ1v) is 7.73. The van der Waals surface area contributed by atoms with E-state index in [9.17, 15) is 14.7 Å². The molecule has 0 saturated carbocycles. The second-order valence-electron chi connectivity index (χ2n) is 5.49. The molecule has 2 atom stereocenters. The van der Waals surface area contributed by atoms with Gasteiger partial charge in [0.2, 0.25) is 5.91 Å². The lowest BCUT2D eigenvalue weighted by Crippen LogP contribution is -2.47. The van der Waals surface area contributed by atoms with Gasteiger partial charge in [0.1, 0.15) is 0 Å². The van der Waals surface area contributed by atoms with Crippen LogP contribution in [0.1, 0.15) is 39.5 Å². The van der Waals surface area contributed by atoms with Gasteiger partial charge in [-0.2, -0.15) is 0 Å². The van der Waals surface area contributed by atoms with Crippen LogP contribution in [0.5, 0.6) is 0 Å². The van der Waals surface area contributed by atoms with Gasteiger partial charge < -0.3 is 14.7 Å². The molecule has 5 heteroatoms. The highest BCUT2D eigenvalue weighted by Gasteiger charge is 2.37. The van der Waals surface area contributed by atoms with Crippen LogP contribution in [0.25, 0.3) is 0 Å². The second kappa shape index (κ2) is 8.82. The molecule has 0 aromatic heterocycles. The minimum absolute atomic E-state index is 0.0440. The lowest BCUT2D eigenvalue weighted by Gasteiger charge is -2.35. The van der Waals surface area contributed by atoms with E-state index in [1.54, 1.807) is 7.11 Å². The molecule has 120 valence electrons. The van der Waals surface area contributed by atoms with Crippen molar-refractivity contribution in [1.82, 2.24) is 4.90 Å². The smallest absolute Gasteiger partial charge is 0.307 e. The number of rotatable bonds is 8. The number of hydrogen-bond acceptors (Lipinski definition) is 3. The lowest BCUT2D eigenvalue weighted by atomic mass is 9.81. The zero-order valence-corrected chi connectivity index (χ0v) is 13.2. The number of methoxy groups -OCH3 is 1. The van der Waals surface area contributed by atoms with Gasteiger partial charge in [-0.15, -0.1) is 0 Å². The standard InChI is InChI=1S/C16H27NO4/c1-4-12(5-2)17(10-11-21-3)15(18)13-8-6-7-9-14(13)16(19)20/h6-7,12-14H,4-5,8-11H2,1-3H3,(H,19,20). The summed E-state index contributed by atoms with van der Waals surface area (Å²) in [7, 11) is 1.61. The summed E-state index contributed by atoms with van der Waals surface area (Å²) in [5.41, 5.74) is 0. The van der Waals surface area contributed by atoms with Gasteiger partial charge in [0.15, 0.2) is 0 Å². The summed E-state index contributed by atoms with van der Waals surface area (Å²) in [6.45, 7) is 5.10. The molecule has 2 unspecified atom stereocenters. The molecular weight excluding hydrogens is 270 g/mol. The maximum Gasteiger partial charge on any atom is 0.307 e. The Hall–Kier alpha value is -1.36. The van der Waals surface area contributed by atoms with Crippen molar-refractivity contribution in [3.63, 3.8) is 0 Å². The molecule has 1 aliphatic rings. The molecule has 0 heterocycles. The number of amides is 1. The van der Waals surface area contributed by atoms with Crippen molar-refractivity contribution in [2.75, 3.05) is 20.3 Å². The third kappa shape index (κ3) is 4.56. The van der Waals surface area contributed by atoms with Crippen LogP contribution < -0.4 is 0 Å². The topological polar surface area (TPSA) is 66.8 Å². The Morgan fingerprint density at radius 1 is 1.24 bits per heavy atom. The first-order chi connectivity index (χ1) is 10.1. The van der Waals surface area contributed by atoms with E-state index in [-0.39, 0.29) is 11.9 Å². The average molecular weight is 297 g/mol. The Kier molecular flexibility index (Phi) is 7.43. The van der Waals surface area contributed by atoms with E-state index < -0.39 is 17.8 Å². The van der Waals surface area contributed by atoms with Crippen molar-refractivity contribution in [2.24, 2.45) is 11.8 Å². The first-order valence-electron chi connectivity index (χ1n) is 7.73. The van der Waals surface area contributed by atoms with Gasteiger partial charge in [-0.25, -0.2) is 0 Å². The molecule has 1 rings (SSSR count).